The molecule has 156 valence electrons. The lowest BCUT2D eigenvalue weighted by Crippen LogP contribution is -2.49. The highest BCUT2D eigenvalue weighted by Crippen LogP contribution is 2.31. The molecule has 1 fully saturated rings. The van der Waals surface area contributed by atoms with E-state index in [4.69, 9.17) is 0 Å². The fourth-order valence-corrected chi connectivity index (χ4v) is 4.18. The van der Waals surface area contributed by atoms with Crippen molar-refractivity contribution in [2.75, 3.05) is 28.5 Å². The molecule has 7 heteroatoms. The van der Waals surface area contributed by atoms with Crippen LogP contribution in [0, 0.1) is 20.8 Å². The van der Waals surface area contributed by atoms with Crippen LogP contribution in [-0.4, -0.2) is 38.2 Å². The molecule has 1 N–H and O–H groups in total. The zero-order valence-electron chi connectivity index (χ0n) is 17.5. The lowest BCUT2D eigenvalue weighted by molar-refractivity contribution is 0.192. The van der Waals surface area contributed by atoms with Crippen molar-refractivity contribution in [2.24, 2.45) is 0 Å². The first-order chi connectivity index (χ1) is 13.7. The van der Waals surface area contributed by atoms with Gasteiger partial charge in [0.15, 0.2) is 0 Å². The lowest BCUT2D eigenvalue weighted by Gasteiger charge is -2.37. The van der Waals surface area contributed by atoms with Gasteiger partial charge in [-0.05, 0) is 62.9 Å². The largest absolute Gasteiger partial charge is 0.324 e. The van der Waals surface area contributed by atoms with Crippen molar-refractivity contribution in [2.45, 2.75) is 40.7 Å². The number of urea groups is 1. The molecule has 1 saturated heterocycles. The first-order valence-corrected chi connectivity index (χ1v) is 11.6. The fraction of sp³-hybridized carbons (Fsp3) is 0.409. The first kappa shape index (κ1) is 21.2. The van der Waals surface area contributed by atoms with Crippen molar-refractivity contribution in [3.63, 3.8) is 0 Å². The lowest BCUT2D eigenvalue weighted by atomic mass is 10.0. The third-order valence-corrected chi connectivity index (χ3v) is 6.56. The van der Waals surface area contributed by atoms with Crippen molar-refractivity contribution in [1.82, 2.24) is 4.90 Å². The van der Waals surface area contributed by atoms with E-state index in [-0.39, 0.29) is 11.8 Å². The maximum Gasteiger partial charge on any atom is 0.324 e. The minimum atomic E-state index is -3.44. The van der Waals surface area contributed by atoms with Gasteiger partial charge in [-0.25, -0.2) is 13.2 Å². The van der Waals surface area contributed by atoms with Crippen LogP contribution in [0.4, 0.5) is 16.2 Å². The van der Waals surface area contributed by atoms with Gasteiger partial charge in [-0.2, -0.15) is 0 Å². The minimum absolute atomic E-state index is 0.0207. The van der Waals surface area contributed by atoms with Crippen LogP contribution >= 0.6 is 0 Å². The molecule has 0 spiro atoms. The molecule has 0 bridgehead atoms. The number of amides is 2. The van der Waals surface area contributed by atoms with Crippen molar-refractivity contribution in [3.8, 4) is 0 Å². The zero-order valence-corrected chi connectivity index (χ0v) is 18.3. The van der Waals surface area contributed by atoms with E-state index in [9.17, 15) is 13.2 Å². The molecular weight excluding hydrogens is 386 g/mol. The zero-order chi connectivity index (χ0) is 21.2. The third-order valence-electron chi connectivity index (χ3n) is 5.27. The first-order valence-electron chi connectivity index (χ1n) is 9.94. The molecule has 0 atom stereocenters. The molecule has 0 aliphatic carbocycles. The summed E-state index contributed by atoms with van der Waals surface area (Å²) in [6, 6.07) is 11.7. The summed E-state index contributed by atoms with van der Waals surface area (Å²) in [6.45, 7) is 9.39. The number of nitrogens with zero attached hydrogens (tertiary/aromatic N) is 2. The average molecular weight is 416 g/mol. The van der Waals surface area contributed by atoms with E-state index in [0.29, 0.717) is 31.0 Å². The van der Waals surface area contributed by atoms with Gasteiger partial charge in [0.25, 0.3) is 0 Å². The van der Waals surface area contributed by atoms with Crippen LogP contribution in [-0.2, 0) is 16.6 Å². The molecule has 2 amide bonds. The molecule has 0 saturated carbocycles. The fourth-order valence-electron chi connectivity index (χ4n) is 3.53. The molecule has 6 nitrogen and oxygen atoms in total. The number of rotatable bonds is 6. The summed E-state index contributed by atoms with van der Waals surface area (Å²) in [4.78, 5) is 16.8. The Kier molecular flexibility index (Phi) is 6.17. The third kappa shape index (κ3) is 4.90. The second-order valence-electron chi connectivity index (χ2n) is 7.67. The SMILES string of the molecule is CCS(=O)(=O)Nc1cc(C)ccc1N1CCCN(Cc2cc(C)ccc2C)C1=O. The van der Waals surface area contributed by atoms with E-state index in [1.165, 1.54) is 5.56 Å². The summed E-state index contributed by atoms with van der Waals surface area (Å²) in [5, 5.41) is 0. The number of aryl methyl sites for hydroxylation is 3. The second-order valence-corrected chi connectivity index (χ2v) is 9.68. The van der Waals surface area contributed by atoms with Gasteiger partial charge in [-0.1, -0.05) is 29.8 Å². The molecule has 0 radical (unpaired) electrons. The Hall–Kier alpha value is -2.54. The molecule has 2 aromatic rings. The summed E-state index contributed by atoms with van der Waals surface area (Å²) >= 11 is 0. The summed E-state index contributed by atoms with van der Waals surface area (Å²) in [5.41, 5.74) is 5.45. The highest BCUT2D eigenvalue weighted by atomic mass is 32.2. The standard InChI is InChI=1S/C22H29N3O3S/c1-5-29(27,28)23-20-14-17(3)8-10-21(20)25-12-6-11-24(22(25)26)15-19-13-16(2)7-9-18(19)4/h7-10,13-14,23H,5-6,11-12,15H2,1-4H3. The predicted molar refractivity (Wildman–Crippen MR) is 118 cm³/mol. The normalized spacial score (nSPS) is 15.0. The van der Waals surface area contributed by atoms with E-state index in [2.05, 4.69) is 29.8 Å². The maximum atomic E-state index is 13.3. The monoisotopic (exact) mass is 415 g/mol. The minimum Gasteiger partial charge on any atom is -0.320 e. The van der Waals surface area contributed by atoms with Gasteiger partial charge in [0.1, 0.15) is 0 Å². The van der Waals surface area contributed by atoms with E-state index in [0.717, 1.165) is 23.1 Å². The predicted octanol–water partition coefficient (Wildman–Crippen LogP) is 4.21. The van der Waals surface area contributed by atoms with Crippen molar-refractivity contribution >= 4 is 27.4 Å². The Balaban J connectivity index is 1.90. The van der Waals surface area contributed by atoms with Crippen molar-refractivity contribution in [3.05, 3.63) is 58.7 Å². The van der Waals surface area contributed by atoms with Crippen LogP contribution in [0.15, 0.2) is 36.4 Å². The van der Waals surface area contributed by atoms with Crippen LogP contribution in [0.2, 0.25) is 0 Å². The van der Waals surface area contributed by atoms with Gasteiger partial charge in [-0.3, -0.25) is 9.62 Å². The molecule has 1 aliphatic rings. The van der Waals surface area contributed by atoms with Crippen LogP contribution < -0.4 is 9.62 Å². The van der Waals surface area contributed by atoms with E-state index in [1.807, 2.05) is 30.9 Å². The number of carbonyl (C=O) groups excluding carboxylic acids is 1. The molecule has 0 unspecified atom stereocenters. The van der Waals surface area contributed by atoms with Crippen LogP contribution in [0.1, 0.15) is 35.6 Å². The maximum absolute atomic E-state index is 13.3. The van der Waals surface area contributed by atoms with Crippen molar-refractivity contribution in [1.29, 1.82) is 0 Å². The van der Waals surface area contributed by atoms with E-state index in [1.54, 1.807) is 17.9 Å². The molecule has 29 heavy (non-hydrogen) atoms. The van der Waals surface area contributed by atoms with Gasteiger partial charge in [0.05, 0.1) is 17.1 Å². The van der Waals surface area contributed by atoms with Gasteiger partial charge in [0, 0.05) is 19.6 Å². The highest BCUT2D eigenvalue weighted by molar-refractivity contribution is 7.92. The van der Waals surface area contributed by atoms with Gasteiger partial charge >= 0.3 is 6.03 Å². The van der Waals surface area contributed by atoms with Crippen molar-refractivity contribution < 1.29 is 13.2 Å². The molecular formula is C22H29N3O3S. The van der Waals surface area contributed by atoms with E-state index >= 15 is 0 Å². The Morgan fingerprint density at radius 1 is 1.00 bits per heavy atom. The number of carbonyl (C=O) groups is 1. The number of benzene rings is 2. The quantitative estimate of drug-likeness (QED) is 0.768. The number of sulfonamides is 1. The summed E-state index contributed by atoms with van der Waals surface area (Å²) in [7, 11) is -3.44. The Labute approximate surface area is 173 Å². The molecule has 1 aliphatic heterocycles. The summed E-state index contributed by atoms with van der Waals surface area (Å²) < 4.78 is 26.9. The number of nitrogens with one attached hydrogen (secondary N) is 1. The topological polar surface area (TPSA) is 69.7 Å². The van der Waals surface area contributed by atoms with Gasteiger partial charge < -0.3 is 4.90 Å². The van der Waals surface area contributed by atoms with Crippen LogP contribution in [0.3, 0.4) is 0 Å². The number of hydrogen-bond acceptors (Lipinski definition) is 3. The molecule has 2 aromatic carbocycles. The summed E-state index contributed by atoms with van der Waals surface area (Å²) in [6.07, 6.45) is 0.824. The molecule has 1 heterocycles. The van der Waals surface area contributed by atoms with Gasteiger partial charge in [-0.15, -0.1) is 0 Å². The Morgan fingerprint density at radius 3 is 2.41 bits per heavy atom. The highest BCUT2D eigenvalue weighted by Gasteiger charge is 2.29. The van der Waals surface area contributed by atoms with Crippen LogP contribution in [0.5, 0.6) is 0 Å². The van der Waals surface area contributed by atoms with Gasteiger partial charge in [0.2, 0.25) is 10.0 Å². The smallest absolute Gasteiger partial charge is 0.320 e. The molecule has 3 rings (SSSR count). The number of anilines is 2. The Bertz CT molecular complexity index is 1020. The average Bonchev–Trinajstić information content (AvgIpc) is 2.67. The molecule has 0 aromatic heterocycles. The Morgan fingerprint density at radius 2 is 1.69 bits per heavy atom. The number of hydrogen-bond donors (Lipinski definition) is 1. The van der Waals surface area contributed by atoms with E-state index < -0.39 is 10.0 Å². The van der Waals surface area contributed by atoms with Crippen LogP contribution in [0.25, 0.3) is 0 Å². The summed E-state index contributed by atoms with van der Waals surface area (Å²) in [5.74, 6) is -0.0207. The second kappa shape index (κ2) is 8.45.